The lowest BCUT2D eigenvalue weighted by atomic mass is 10.1. The Kier molecular flexibility index (Phi) is 2.70. The average molecular weight is 216 g/mol. The summed E-state index contributed by atoms with van der Waals surface area (Å²) in [4.78, 5) is 2.46. The van der Waals surface area contributed by atoms with Crippen LogP contribution in [0.1, 0.15) is 29.9 Å². The van der Waals surface area contributed by atoms with Crippen LogP contribution in [0.15, 0.2) is 24.3 Å². The fraction of sp³-hybridized carbons (Fsp3) is 0.571. The van der Waals surface area contributed by atoms with E-state index in [2.05, 4.69) is 41.5 Å². The van der Waals surface area contributed by atoms with Crippen LogP contribution in [0.2, 0.25) is 0 Å². The van der Waals surface area contributed by atoms with Gasteiger partial charge in [-0.05, 0) is 36.9 Å². The summed E-state index contributed by atoms with van der Waals surface area (Å²) >= 11 is 0. The van der Waals surface area contributed by atoms with Gasteiger partial charge in [-0.25, -0.2) is 0 Å². The summed E-state index contributed by atoms with van der Waals surface area (Å²) in [6.07, 6.45) is 2.79. The Bertz CT molecular complexity index is 367. The van der Waals surface area contributed by atoms with E-state index in [9.17, 15) is 0 Å². The fourth-order valence-electron chi connectivity index (χ4n) is 2.36. The predicted octanol–water partition coefficient (Wildman–Crippen LogP) is 1.97. The largest absolute Gasteiger partial charge is 0.314 e. The van der Waals surface area contributed by atoms with Crippen molar-refractivity contribution < 1.29 is 0 Å². The lowest BCUT2D eigenvalue weighted by Gasteiger charge is -2.35. The number of rotatable bonds is 4. The monoisotopic (exact) mass is 216 g/mol. The van der Waals surface area contributed by atoms with Crippen molar-refractivity contribution in [3.8, 4) is 0 Å². The number of likely N-dealkylation sites (N-methyl/N-ethyl adjacent to an activating group) is 1. The molecule has 1 aromatic carbocycles. The van der Waals surface area contributed by atoms with Crippen LogP contribution in [0.5, 0.6) is 0 Å². The molecule has 1 saturated heterocycles. The van der Waals surface area contributed by atoms with Gasteiger partial charge in [0.05, 0.1) is 0 Å². The van der Waals surface area contributed by atoms with E-state index in [4.69, 9.17) is 0 Å². The summed E-state index contributed by atoms with van der Waals surface area (Å²) in [5.74, 6) is 0.871. The summed E-state index contributed by atoms with van der Waals surface area (Å²) in [6, 6.07) is 9.90. The molecule has 0 atom stereocenters. The lowest BCUT2D eigenvalue weighted by molar-refractivity contribution is 0.173. The first-order valence-corrected chi connectivity index (χ1v) is 6.33. The van der Waals surface area contributed by atoms with Crippen LogP contribution in [-0.4, -0.2) is 31.1 Å². The second kappa shape index (κ2) is 4.19. The van der Waals surface area contributed by atoms with Gasteiger partial charge in [-0.15, -0.1) is 0 Å². The van der Waals surface area contributed by atoms with Crippen LogP contribution >= 0.6 is 0 Å². The molecular formula is C14H20N2. The highest BCUT2D eigenvalue weighted by atomic mass is 15.2. The Balaban J connectivity index is 1.66. The Morgan fingerprint density at radius 3 is 2.75 bits per heavy atom. The molecule has 86 valence electrons. The van der Waals surface area contributed by atoms with Gasteiger partial charge in [-0.3, -0.25) is 4.90 Å². The van der Waals surface area contributed by atoms with Gasteiger partial charge >= 0.3 is 0 Å². The van der Waals surface area contributed by atoms with Gasteiger partial charge in [0.25, 0.3) is 0 Å². The maximum atomic E-state index is 3.33. The van der Waals surface area contributed by atoms with Crippen LogP contribution in [0, 0.1) is 0 Å². The Hall–Kier alpha value is -0.860. The summed E-state index contributed by atoms with van der Waals surface area (Å²) < 4.78 is 0. The van der Waals surface area contributed by atoms with E-state index in [1.54, 1.807) is 5.56 Å². The van der Waals surface area contributed by atoms with Crippen molar-refractivity contribution in [2.45, 2.75) is 31.3 Å². The van der Waals surface area contributed by atoms with Crippen molar-refractivity contribution >= 4 is 0 Å². The third kappa shape index (κ3) is 2.13. The molecule has 0 amide bonds. The molecular weight excluding hydrogens is 196 g/mol. The Morgan fingerprint density at radius 2 is 2.12 bits per heavy atom. The normalized spacial score (nSPS) is 21.1. The molecule has 1 aliphatic heterocycles. The molecule has 1 N–H and O–H groups in total. The van der Waals surface area contributed by atoms with Crippen molar-refractivity contribution in [2.24, 2.45) is 0 Å². The second-order valence-electron chi connectivity index (χ2n) is 5.25. The van der Waals surface area contributed by atoms with Crippen molar-refractivity contribution in [1.29, 1.82) is 0 Å². The average Bonchev–Trinajstić information content (AvgIpc) is 2.97. The van der Waals surface area contributed by atoms with Crippen molar-refractivity contribution in [1.82, 2.24) is 10.2 Å². The zero-order valence-corrected chi connectivity index (χ0v) is 9.95. The molecule has 1 aromatic rings. The quantitative estimate of drug-likeness (QED) is 0.828. The van der Waals surface area contributed by atoms with E-state index in [1.807, 2.05) is 0 Å². The zero-order valence-electron chi connectivity index (χ0n) is 9.95. The minimum atomic E-state index is 0.740. The van der Waals surface area contributed by atoms with Crippen LogP contribution < -0.4 is 5.32 Å². The zero-order chi connectivity index (χ0) is 11.0. The highest BCUT2D eigenvalue weighted by Gasteiger charge is 2.24. The van der Waals surface area contributed by atoms with E-state index in [-0.39, 0.29) is 0 Å². The highest BCUT2D eigenvalue weighted by molar-refractivity contribution is 5.29. The van der Waals surface area contributed by atoms with Crippen molar-refractivity contribution in [2.75, 3.05) is 20.1 Å². The van der Waals surface area contributed by atoms with Gasteiger partial charge < -0.3 is 5.32 Å². The molecule has 0 radical (unpaired) electrons. The standard InChI is InChI=1S/C14H20N2/c1-16(14-8-15-9-14)10-11-3-2-4-13(7-11)12-5-6-12/h2-4,7,12,14-15H,5-6,8-10H2,1H3. The molecule has 0 unspecified atom stereocenters. The summed E-state index contributed by atoms with van der Waals surface area (Å²) in [7, 11) is 2.23. The molecule has 2 heteroatoms. The number of hydrogen-bond donors (Lipinski definition) is 1. The van der Waals surface area contributed by atoms with Crippen LogP contribution in [0.3, 0.4) is 0 Å². The van der Waals surface area contributed by atoms with Crippen molar-refractivity contribution in [3.05, 3.63) is 35.4 Å². The maximum absolute atomic E-state index is 3.33. The first-order chi connectivity index (χ1) is 7.83. The third-order valence-corrected chi connectivity index (χ3v) is 3.82. The smallest absolute Gasteiger partial charge is 0.0345 e. The van der Waals surface area contributed by atoms with E-state index in [1.165, 1.54) is 18.4 Å². The third-order valence-electron chi connectivity index (χ3n) is 3.82. The minimum absolute atomic E-state index is 0.740. The van der Waals surface area contributed by atoms with Crippen LogP contribution in [0.4, 0.5) is 0 Å². The Morgan fingerprint density at radius 1 is 1.31 bits per heavy atom. The molecule has 1 heterocycles. The van der Waals surface area contributed by atoms with Gasteiger partial charge in [0.2, 0.25) is 0 Å². The summed E-state index contributed by atoms with van der Waals surface area (Å²) in [5, 5.41) is 3.33. The SMILES string of the molecule is CN(Cc1cccc(C2CC2)c1)C1CNC1. The summed E-state index contributed by atoms with van der Waals surface area (Å²) in [6.45, 7) is 3.39. The minimum Gasteiger partial charge on any atom is -0.314 e. The number of hydrogen-bond acceptors (Lipinski definition) is 2. The maximum Gasteiger partial charge on any atom is 0.0345 e. The first kappa shape index (κ1) is 10.3. The Labute approximate surface area is 97.6 Å². The fourth-order valence-corrected chi connectivity index (χ4v) is 2.36. The topological polar surface area (TPSA) is 15.3 Å². The lowest BCUT2D eigenvalue weighted by Crippen LogP contribution is -2.55. The van der Waals surface area contributed by atoms with Crippen LogP contribution in [-0.2, 0) is 6.54 Å². The molecule has 0 bridgehead atoms. The number of nitrogens with zero attached hydrogens (tertiary/aromatic N) is 1. The molecule has 1 saturated carbocycles. The molecule has 0 spiro atoms. The highest BCUT2D eigenvalue weighted by Crippen LogP contribution is 2.40. The number of benzene rings is 1. The summed E-state index contributed by atoms with van der Waals surface area (Å²) in [5.41, 5.74) is 3.02. The van der Waals surface area contributed by atoms with Gasteiger partial charge in [0.1, 0.15) is 0 Å². The molecule has 1 aliphatic carbocycles. The second-order valence-corrected chi connectivity index (χ2v) is 5.25. The predicted molar refractivity (Wildman–Crippen MR) is 66.5 cm³/mol. The molecule has 0 aromatic heterocycles. The van der Waals surface area contributed by atoms with Crippen LogP contribution in [0.25, 0.3) is 0 Å². The van der Waals surface area contributed by atoms with Gasteiger partial charge in [0, 0.05) is 25.7 Å². The van der Waals surface area contributed by atoms with Crippen molar-refractivity contribution in [3.63, 3.8) is 0 Å². The van der Waals surface area contributed by atoms with Gasteiger partial charge in [-0.2, -0.15) is 0 Å². The van der Waals surface area contributed by atoms with Gasteiger partial charge in [-0.1, -0.05) is 24.3 Å². The van der Waals surface area contributed by atoms with Gasteiger partial charge in [0.15, 0.2) is 0 Å². The molecule has 2 aliphatic rings. The number of nitrogens with one attached hydrogen (secondary N) is 1. The van der Waals surface area contributed by atoms with E-state index in [0.29, 0.717) is 0 Å². The molecule has 2 nitrogen and oxygen atoms in total. The van der Waals surface area contributed by atoms with E-state index in [0.717, 1.165) is 31.6 Å². The first-order valence-electron chi connectivity index (χ1n) is 6.33. The van der Waals surface area contributed by atoms with E-state index >= 15 is 0 Å². The molecule has 2 fully saturated rings. The molecule has 3 rings (SSSR count). The molecule has 16 heavy (non-hydrogen) atoms. The van der Waals surface area contributed by atoms with E-state index < -0.39 is 0 Å².